The lowest BCUT2D eigenvalue weighted by Crippen LogP contribution is -2.29. The maximum Gasteiger partial charge on any atom is 0.331 e. The van der Waals surface area contributed by atoms with Crippen molar-refractivity contribution in [3.63, 3.8) is 0 Å². The van der Waals surface area contributed by atoms with Gasteiger partial charge in [0.1, 0.15) is 0 Å². The van der Waals surface area contributed by atoms with E-state index in [1.165, 1.54) is 6.92 Å². The number of anilines is 2. The molecule has 1 aromatic carbocycles. The van der Waals surface area contributed by atoms with Crippen LogP contribution in [0, 0.1) is 0 Å². The van der Waals surface area contributed by atoms with E-state index in [-0.39, 0.29) is 6.61 Å². The average Bonchev–Trinajstić information content (AvgIpc) is 2.53. The molecule has 0 heterocycles. The van der Waals surface area contributed by atoms with Gasteiger partial charge in [0.05, 0.1) is 6.61 Å². The monoisotopic (exact) mass is 334 g/mol. The van der Waals surface area contributed by atoms with E-state index in [0.717, 1.165) is 17.8 Å². The van der Waals surface area contributed by atoms with E-state index in [9.17, 15) is 14.4 Å². The predicted octanol–water partition coefficient (Wildman–Crippen LogP) is 1.74. The van der Waals surface area contributed by atoms with Gasteiger partial charge in [0.15, 0.2) is 6.10 Å². The minimum atomic E-state index is -1.00. The lowest BCUT2D eigenvalue weighted by atomic mass is 10.2. The summed E-state index contributed by atoms with van der Waals surface area (Å²) < 4.78 is 9.55. The van der Waals surface area contributed by atoms with Gasteiger partial charge in [-0.25, -0.2) is 9.59 Å². The number of rotatable bonds is 7. The summed E-state index contributed by atoms with van der Waals surface area (Å²) in [5.41, 5.74) is 1.59. The Balaban J connectivity index is 2.52. The summed E-state index contributed by atoms with van der Waals surface area (Å²) in [6, 6.07) is 7.22. The highest BCUT2D eigenvalue weighted by atomic mass is 16.5. The van der Waals surface area contributed by atoms with Gasteiger partial charge in [-0.3, -0.25) is 4.79 Å². The number of hydrogen-bond donors (Lipinski definition) is 1. The zero-order valence-corrected chi connectivity index (χ0v) is 14.2. The first-order chi connectivity index (χ1) is 11.3. The van der Waals surface area contributed by atoms with Crippen molar-refractivity contribution >= 4 is 29.2 Å². The molecule has 1 unspecified atom stereocenters. The van der Waals surface area contributed by atoms with Gasteiger partial charge in [-0.1, -0.05) is 0 Å². The van der Waals surface area contributed by atoms with E-state index in [0.29, 0.717) is 5.69 Å². The third kappa shape index (κ3) is 6.51. The highest BCUT2D eigenvalue weighted by Gasteiger charge is 2.17. The zero-order valence-electron chi connectivity index (χ0n) is 14.2. The quantitative estimate of drug-likeness (QED) is 0.604. The Labute approximate surface area is 141 Å². The highest BCUT2D eigenvalue weighted by Crippen LogP contribution is 2.16. The number of carbonyl (C=O) groups is 3. The number of hydrogen-bond acceptors (Lipinski definition) is 6. The maximum absolute atomic E-state index is 12.0. The first-order valence-electron chi connectivity index (χ1n) is 7.47. The molecule has 1 rings (SSSR count). The number of carbonyl (C=O) groups excluding carboxylic acids is 3. The van der Waals surface area contributed by atoms with E-state index >= 15 is 0 Å². The molecule has 0 bridgehead atoms. The lowest BCUT2D eigenvalue weighted by molar-refractivity contribution is -0.148. The molecule has 1 aromatic rings. The van der Waals surface area contributed by atoms with Crippen LogP contribution in [0.3, 0.4) is 0 Å². The first-order valence-corrected chi connectivity index (χ1v) is 7.47. The van der Waals surface area contributed by atoms with Gasteiger partial charge in [-0.05, 0) is 38.1 Å². The Kier molecular flexibility index (Phi) is 7.48. The Morgan fingerprint density at radius 1 is 1.12 bits per heavy atom. The van der Waals surface area contributed by atoms with Crippen LogP contribution >= 0.6 is 0 Å². The van der Waals surface area contributed by atoms with Crippen LogP contribution in [0.15, 0.2) is 36.4 Å². The Morgan fingerprint density at radius 2 is 1.71 bits per heavy atom. The molecule has 0 saturated carbocycles. The van der Waals surface area contributed by atoms with Gasteiger partial charge in [-0.15, -0.1) is 0 Å². The summed E-state index contributed by atoms with van der Waals surface area (Å²) >= 11 is 0. The third-order valence-electron chi connectivity index (χ3n) is 2.96. The van der Waals surface area contributed by atoms with Crippen molar-refractivity contribution in [1.82, 2.24) is 0 Å². The zero-order chi connectivity index (χ0) is 18.1. The summed E-state index contributed by atoms with van der Waals surface area (Å²) in [5.74, 6) is -1.91. The van der Waals surface area contributed by atoms with E-state index < -0.39 is 23.9 Å². The Bertz CT molecular complexity index is 608. The SMILES string of the molecule is CCOC(=O)/C=C/C(=O)OC(C)C(=O)Nc1ccc(N(C)C)cc1. The van der Waals surface area contributed by atoms with Gasteiger partial charge in [0.25, 0.3) is 5.91 Å². The summed E-state index contributed by atoms with van der Waals surface area (Å²) in [7, 11) is 3.83. The van der Waals surface area contributed by atoms with Crippen LogP contribution in [0.2, 0.25) is 0 Å². The van der Waals surface area contributed by atoms with Crippen LogP contribution in [0.5, 0.6) is 0 Å². The molecule has 0 aliphatic carbocycles. The Hall–Kier alpha value is -2.83. The third-order valence-corrected chi connectivity index (χ3v) is 2.96. The second kappa shape index (κ2) is 9.34. The summed E-state index contributed by atoms with van der Waals surface area (Å²) in [4.78, 5) is 36.5. The smallest absolute Gasteiger partial charge is 0.331 e. The predicted molar refractivity (Wildman–Crippen MR) is 90.7 cm³/mol. The molecule has 0 fully saturated rings. The standard InChI is InChI=1S/C17H22N2O5/c1-5-23-15(20)10-11-16(21)24-12(2)17(22)18-13-6-8-14(9-7-13)19(3)4/h6-12H,5H2,1-4H3,(H,18,22)/b11-10+. The topological polar surface area (TPSA) is 84.9 Å². The number of amides is 1. The van der Waals surface area contributed by atoms with Crippen molar-refractivity contribution < 1.29 is 23.9 Å². The second-order valence-electron chi connectivity index (χ2n) is 5.10. The molecule has 0 aromatic heterocycles. The average molecular weight is 334 g/mol. The van der Waals surface area contributed by atoms with Crippen molar-refractivity contribution in [1.29, 1.82) is 0 Å². The van der Waals surface area contributed by atoms with Gasteiger partial charge in [0, 0.05) is 37.6 Å². The van der Waals surface area contributed by atoms with Crippen LogP contribution in [-0.4, -0.2) is 44.7 Å². The van der Waals surface area contributed by atoms with Gasteiger partial charge in [0.2, 0.25) is 0 Å². The number of nitrogens with zero attached hydrogens (tertiary/aromatic N) is 1. The molecule has 0 spiro atoms. The van der Waals surface area contributed by atoms with E-state index in [1.54, 1.807) is 19.1 Å². The van der Waals surface area contributed by atoms with Crippen LogP contribution in [0.1, 0.15) is 13.8 Å². The molecule has 7 heteroatoms. The number of nitrogens with one attached hydrogen (secondary N) is 1. The molecule has 1 amide bonds. The summed E-state index contributed by atoms with van der Waals surface area (Å²) in [6.07, 6.45) is 0.877. The minimum absolute atomic E-state index is 0.212. The summed E-state index contributed by atoms with van der Waals surface area (Å²) in [5, 5.41) is 2.65. The van der Waals surface area contributed by atoms with Crippen molar-refractivity contribution in [2.45, 2.75) is 20.0 Å². The van der Waals surface area contributed by atoms with Crippen molar-refractivity contribution in [2.75, 3.05) is 30.9 Å². The van der Waals surface area contributed by atoms with E-state index in [1.807, 2.05) is 31.1 Å². The van der Waals surface area contributed by atoms with E-state index in [4.69, 9.17) is 4.74 Å². The van der Waals surface area contributed by atoms with Crippen LogP contribution in [0.25, 0.3) is 0 Å². The number of ether oxygens (including phenoxy) is 2. The first kappa shape index (κ1) is 19.2. The molecular formula is C17H22N2O5. The van der Waals surface area contributed by atoms with Gasteiger partial charge in [-0.2, -0.15) is 0 Å². The van der Waals surface area contributed by atoms with Crippen molar-refractivity contribution in [3.05, 3.63) is 36.4 Å². The molecule has 0 radical (unpaired) electrons. The summed E-state index contributed by atoms with van der Waals surface area (Å²) in [6.45, 7) is 3.31. The molecule has 24 heavy (non-hydrogen) atoms. The molecule has 0 saturated heterocycles. The number of esters is 2. The molecule has 130 valence electrons. The molecule has 1 N–H and O–H groups in total. The van der Waals surface area contributed by atoms with Crippen LogP contribution in [0.4, 0.5) is 11.4 Å². The normalized spacial score (nSPS) is 11.7. The lowest BCUT2D eigenvalue weighted by Gasteiger charge is -2.15. The molecule has 0 aliphatic rings. The fourth-order valence-electron chi connectivity index (χ4n) is 1.68. The van der Waals surface area contributed by atoms with E-state index in [2.05, 4.69) is 10.1 Å². The number of benzene rings is 1. The van der Waals surface area contributed by atoms with Crippen molar-refractivity contribution in [2.24, 2.45) is 0 Å². The van der Waals surface area contributed by atoms with Crippen molar-refractivity contribution in [3.8, 4) is 0 Å². The van der Waals surface area contributed by atoms with Gasteiger partial charge < -0.3 is 19.7 Å². The van der Waals surface area contributed by atoms with Crippen LogP contribution in [-0.2, 0) is 23.9 Å². The molecule has 0 aliphatic heterocycles. The van der Waals surface area contributed by atoms with Crippen LogP contribution < -0.4 is 10.2 Å². The molecule has 1 atom stereocenters. The molecular weight excluding hydrogens is 312 g/mol. The largest absolute Gasteiger partial charge is 0.463 e. The highest BCUT2D eigenvalue weighted by molar-refractivity contribution is 5.97. The fraction of sp³-hybridized carbons (Fsp3) is 0.353. The Morgan fingerprint density at radius 3 is 2.25 bits per heavy atom. The fourth-order valence-corrected chi connectivity index (χ4v) is 1.68. The maximum atomic E-state index is 12.0. The second-order valence-corrected chi connectivity index (χ2v) is 5.10. The molecule has 7 nitrogen and oxygen atoms in total. The minimum Gasteiger partial charge on any atom is -0.463 e. The van der Waals surface area contributed by atoms with Gasteiger partial charge >= 0.3 is 11.9 Å².